The van der Waals surface area contributed by atoms with Crippen molar-refractivity contribution in [1.29, 1.82) is 0 Å². The molecule has 2 atom stereocenters. The van der Waals surface area contributed by atoms with Crippen LogP contribution in [0.5, 0.6) is 0 Å². The Hall–Kier alpha value is -1.46. The fourth-order valence-corrected chi connectivity index (χ4v) is 4.94. The van der Waals surface area contributed by atoms with Gasteiger partial charge in [-0.3, -0.25) is 4.57 Å². The smallest absolute Gasteiger partial charge is 0.0871 e. The summed E-state index contributed by atoms with van der Waals surface area (Å²) in [6.07, 6.45) is 2.08. The molecule has 2 aromatic rings. The normalized spacial score (nSPS) is 25.2. The number of hydrogen-bond acceptors (Lipinski definition) is 1. The quantitative estimate of drug-likeness (QED) is 0.683. The van der Waals surface area contributed by atoms with Gasteiger partial charge < -0.3 is 0 Å². The van der Waals surface area contributed by atoms with Gasteiger partial charge in [-0.2, -0.15) is 0 Å². The molecule has 1 aliphatic rings. The molecule has 1 fully saturated rings. The Bertz CT molecular complexity index is 486. The van der Waals surface area contributed by atoms with Crippen LogP contribution in [0.4, 0.5) is 0 Å². The lowest BCUT2D eigenvalue weighted by Gasteiger charge is -2.11. The Morgan fingerprint density at radius 3 is 1.50 bits per heavy atom. The second kappa shape index (κ2) is 5.04. The highest BCUT2D eigenvalue weighted by Gasteiger charge is 2.34. The molecule has 0 amide bonds. The predicted octanol–water partition coefficient (Wildman–Crippen LogP) is 5.09. The Kier molecular flexibility index (Phi) is 3.25. The van der Waals surface area contributed by atoms with Gasteiger partial charge >= 0.3 is 0 Å². The van der Waals surface area contributed by atoms with Gasteiger partial charge in [-0.15, -0.1) is 0 Å². The summed E-state index contributed by atoms with van der Waals surface area (Å²) in [4.78, 5) is 0. The van der Waals surface area contributed by atoms with Gasteiger partial charge in [0.15, 0.2) is 0 Å². The van der Waals surface area contributed by atoms with Crippen molar-refractivity contribution in [2.24, 2.45) is 0 Å². The summed E-state index contributed by atoms with van der Waals surface area (Å²) in [5, 5.41) is 0. The van der Waals surface area contributed by atoms with Crippen LogP contribution in [-0.4, -0.2) is 0 Å². The van der Waals surface area contributed by atoms with E-state index in [0.717, 1.165) is 12.8 Å². The van der Waals surface area contributed by atoms with E-state index in [1.54, 1.807) is 0 Å². The molecule has 1 saturated heterocycles. The fraction of sp³-hybridized carbons (Fsp3) is 0.250. The second-order valence-electron chi connectivity index (χ2n) is 4.79. The topological polar surface area (TPSA) is 17.1 Å². The van der Waals surface area contributed by atoms with Crippen LogP contribution in [0.1, 0.15) is 35.3 Å². The van der Waals surface area contributed by atoms with Gasteiger partial charge in [0.1, 0.15) is 0 Å². The highest BCUT2D eigenvalue weighted by atomic mass is 31.1. The predicted molar refractivity (Wildman–Crippen MR) is 75.2 cm³/mol. The molecule has 2 heteroatoms. The summed E-state index contributed by atoms with van der Waals surface area (Å²) < 4.78 is 12.7. The molecule has 18 heavy (non-hydrogen) atoms. The molecule has 0 spiro atoms. The molecule has 2 unspecified atom stereocenters. The fourth-order valence-electron chi connectivity index (χ4n) is 2.76. The lowest BCUT2D eigenvalue weighted by atomic mass is 10.0. The summed E-state index contributed by atoms with van der Waals surface area (Å²) in [6, 6.07) is 20.6. The first kappa shape index (κ1) is 11.6. The van der Waals surface area contributed by atoms with Crippen molar-refractivity contribution in [1.82, 2.24) is 0 Å². The van der Waals surface area contributed by atoms with E-state index in [-0.39, 0.29) is 11.3 Å². The molecule has 1 radical (unpaired) electrons. The van der Waals surface area contributed by atoms with Gasteiger partial charge in [-0.05, 0) is 24.0 Å². The Morgan fingerprint density at radius 2 is 1.11 bits per heavy atom. The molecule has 1 aliphatic heterocycles. The summed E-state index contributed by atoms with van der Waals surface area (Å²) in [6.45, 7) is 0. The molecule has 2 aromatic carbocycles. The third kappa shape index (κ3) is 2.11. The summed E-state index contributed by atoms with van der Waals surface area (Å²) in [5.74, 6) is 0. The van der Waals surface area contributed by atoms with Crippen LogP contribution in [0.3, 0.4) is 0 Å². The minimum Gasteiger partial charge on any atom is -0.286 e. The van der Waals surface area contributed by atoms with E-state index in [0.29, 0.717) is 0 Å². The van der Waals surface area contributed by atoms with E-state index < -0.39 is 7.80 Å². The number of hydrogen-bond donors (Lipinski definition) is 0. The number of benzene rings is 2. The zero-order chi connectivity index (χ0) is 12.4. The van der Waals surface area contributed by atoms with Crippen molar-refractivity contribution >= 4 is 7.80 Å². The van der Waals surface area contributed by atoms with Crippen molar-refractivity contribution in [3.05, 3.63) is 71.8 Å². The van der Waals surface area contributed by atoms with E-state index in [4.69, 9.17) is 0 Å². The van der Waals surface area contributed by atoms with E-state index in [1.807, 2.05) is 36.4 Å². The monoisotopic (exact) mass is 255 g/mol. The third-order valence-electron chi connectivity index (χ3n) is 3.70. The van der Waals surface area contributed by atoms with Gasteiger partial charge in [-0.1, -0.05) is 60.7 Å². The highest BCUT2D eigenvalue weighted by Crippen LogP contribution is 2.62. The van der Waals surface area contributed by atoms with Crippen LogP contribution in [0, 0.1) is 0 Å². The zero-order valence-corrected chi connectivity index (χ0v) is 11.1. The molecule has 0 N–H and O–H groups in total. The largest absolute Gasteiger partial charge is 0.286 e. The highest BCUT2D eigenvalue weighted by molar-refractivity contribution is 7.46. The van der Waals surface area contributed by atoms with Crippen molar-refractivity contribution < 1.29 is 4.57 Å². The molecular weight excluding hydrogens is 239 g/mol. The van der Waals surface area contributed by atoms with E-state index in [9.17, 15) is 4.57 Å². The summed E-state index contributed by atoms with van der Waals surface area (Å²) in [5.41, 5.74) is 2.95. The first-order valence-electron chi connectivity index (χ1n) is 6.41. The molecule has 1 heterocycles. The van der Waals surface area contributed by atoms with Crippen LogP contribution in [-0.2, 0) is 4.57 Å². The first-order valence-corrected chi connectivity index (χ1v) is 7.81. The maximum atomic E-state index is 12.7. The van der Waals surface area contributed by atoms with Crippen molar-refractivity contribution in [3.8, 4) is 0 Å². The molecule has 3 rings (SSSR count). The van der Waals surface area contributed by atoms with Gasteiger partial charge in [0, 0.05) is 0 Å². The van der Waals surface area contributed by atoms with Crippen LogP contribution in [0.25, 0.3) is 0 Å². The van der Waals surface area contributed by atoms with E-state index >= 15 is 0 Å². The zero-order valence-electron chi connectivity index (χ0n) is 10.2. The first-order chi connectivity index (χ1) is 8.86. The lowest BCUT2D eigenvalue weighted by Crippen LogP contribution is -1.88. The molecule has 91 valence electrons. The Labute approximate surface area is 109 Å². The molecule has 0 bridgehead atoms. The SMILES string of the molecule is O=[P]1C(c2ccccc2)CCC1c1ccccc1. The van der Waals surface area contributed by atoms with Crippen LogP contribution in [0.15, 0.2) is 60.7 Å². The minimum atomic E-state index is -1.19. The molecule has 1 nitrogen and oxygen atoms in total. The van der Waals surface area contributed by atoms with Crippen LogP contribution < -0.4 is 0 Å². The van der Waals surface area contributed by atoms with Crippen LogP contribution in [0.2, 0.25) is 0 Å². The summed E-state index contributed by atoms with van der Waals surface area (Å²) in [7, 11) is -1.19. The van der Waals surface area contributed by atoms with Gasteiger partial charge in [0.25, 0.3) is 0 Å². The van der Waals surface area contributed by atoms with Crippen molar-refractivity contribution in [2.45, 2.75) is 24.2 Å². The van der Waals surface area contributed by atoms with Gasteiger partial charge in [-0.25, -0.2) is 0 Å². The molecule has 0 saturated carbocycles. The van der Waals surface area contributed by atoms with Crippen molar-refractivity contribution in [2.75, 3.05) is 0 Å². The van der Waals surface area contributed by atoms with Gasteiger partial charge in [0.05, 0.1) is 19.1 Å². The lowest BCUT2D eigenvalue weighted by molar-refractivity contribution is 0.581. The second-order valence-corrected chi connectivity index (χ2v) is 6.76. The Balaban J connectivity index is 1.86. The van der Waals surface area contributed by atoms with Gasteiger partial charge in [0.2, 0.25) is 0 Å². The van der Waals surface area contributed by atoms with Crippen LogP contribution >= 0.6 is 7.80 Å². The van der Waals surface area contributed by atoms with E-state index in [2.05, 4.69) is 24.3 Å². The average molecular weight is 255 g/mol. The minimum absolute atomic E-state index is 0.242. The maximum Gasteiger partial charge on any atom is 0.0871 e. The standard InChI is InChI=1S/C16H16OP/c17-18-15(13-7-3-1-4-8-13)11-12-16(18)14-9-5-2-6-10-14/h1-10,15-16H,11-12H2. The third-order valence-corrected chi connectivity index (χ3v) is 6.04. The van der Waals surface area contributed by atoms with E-state index in [1.165, 1.54) is 11.1 Å². The maximum absolute atomic E-state index is 12.7. The number of rotatable bonds is 2. The van der Waals surface area contributed by atoms with Crippen molar-refractivity contribution in [3.63, 3.8) is 0 Å². The molecular formula is C16H16OP. The summed E-state index contributed by atoms with van der Waals surface area (Å²) >= 11 is 0. The molecule has 0 aromatic heterocycles. The average Bonchev–Trinajstić information content (AvgIpc) is 2.83. The molecule has 0 aliphatic carbocycles. The Morgan fingerprint density at radius 1 is 0.722 bits per heavy atom.